The van der Waals surface area contributed by atoms with Gasteiger partial charge in [-0.05, 0) is 38.5 Å². The minimum Gasteiger partial charge on any atom is -0.481 e. The molecule has 0 amide bonds. The molecule has 1 heterocycles. The number of carboxylic acid groups (broad SMARTS) is 1. The van der Waals surface area contributed by atoms with E-state index in [1.54, 1.807) is 12.1 Å². The number of hydrogen-bond donors (Lipinski definition) is 1. The van der Waals surface area contributed by atoms with Crippen molar-refractivity contribution in [3.05, 3.63) is 34.6 Å². The summed E-state index contributed by atoms with van der Waals surface area (Å²) in [6.07, 6.45) is 0. The molecule has 20 heavy (non-hydrogen) atoms. The van der Waals surface area contributed by atoms with E-state index in [9.17, 15) is 14.3 Å². The predicted molar refractivity (Wildman–Crippen MR) is 76.6 cm³/mol. The Morgan fingerprint density at radius 1 is 1.40 bits per heavy atom. The zero-order valence-corrected chi connectivity index (χ0v) is 12.6. The minimum atomic E-state index is -0.817. The van der Waals surface area contributed by atoms with Crippen molar-refractivity contribution in [2.24, 2.45) is 5.92 Å². The van der Waals surface area contributed by atoms with Crippen molar-refractivity contribution < 1.29 is 14.3 Å². The fourth-order valence-corrected chi connectivity index (χ4v) is 2.87. The van der Waals surface area contributed by atoms with Crippen LogP contribution in [0.15, 0.2) is 18.2 Å². The summed E-state index contributed by atoms with van der Waals surface area (Å²) >= 11 is 5.81. The van der Waals surface area contributed by atoms with Gasteiger partial charge in [0.2, 0.25) is 0 Å². The summed E-state index contributed by atoms with van der Waals surface area (Å²) in [5.41, 5.74) is 0.697. The van der Waals surface area contributed by atoms with Crippen LogP contribution in [-0.2, 0) is 4.79 Å². The molecule has 2 atom stereocenters. The van der Waals surface area contributed by atoms with Crippen LogP contribution in [0.5, 0.6) is 0 Å². The fourth-order valence-electron chi connectivity index (χ4n) is 2.68. The second kappa shape index (κ2) is 5.34. The predicted octanol–water partition coefficient (Wildman–Crippen LogP) is 3.38. The Bertz CT molecular complexity index is 527. The SMILES string of the molecule is CC(C)(C)N1C[C@@H](C(=O)O)[C@H](c2ccc(F)c(Cl)c2)C1. The van der Waals surface area contributed by atoms with Crippen molar-refractivity contribution >= 4 is 17.6 Å². The molecule has 1 fully saturated rings. The van der Waals surface area contributed by atoms with Gasteiger partial charge in [0.25, 0.3) is 0 Å². The van der Waals surface area contributed by atoms with Crippen LogP contribution in [0.3, 0.4) is 0 Å². The van der Waals surface area contributed by atoms with Crippen LogP contribution in [0.4, 0.5) is 4.39 Å². The van der Waals surface area contributed by atoms with Crippen LogP contribution in [-0.4, -0.2) is 34.6 Å². The van der Waals surface area contributed by atoms with Crippen molar-refractivity contribution in [1.29, 1.82) is 0 Å². The Labute approximate surface area is 123 Å². The second-order valence-corrected chi connectivity index (χ2v) is 6.71. The second-order valence-electron chi connectivity index (χ2n) is 6.30. The van der Waals surface area contributed by atoms with E-state index in [0.717, 1.165) is 5.56 Å². The van der Waals surface area contributed by atoms with Gasteiger partial charge in [-0.2, -0.15) is 0 Å². The molecule has 110 valence electrons. The molecule has 1 aliphatic rings. The fraction of sp³-hybridized carbons (Fsp3) is 0.533. The summed E-state index contributed by atoms with van der Waals surface area (Å²) in [5.74, 6) is -1.95. The maximum Gasteiger partial charge on any atom is 0.308 e. The van der Waals surface area contributed by atoms with Crippen molar-refractivity contribution in [2.75, 3.05) is 13.1 Å². The molecule has 0 aliphatic carbocycles. The van der Waals surface area contributed by atoms with Crippen LogP contribution < -0.4 is 0 Å². The van der Waals surface area contributed by atoms with Crippen LogP contribution in [0.25, 0.3) is 0 Å². The quantitative estimate of drug-likeness (QED) is 0.910. The lowest BCUT2D eigenvalue weighted by Crippen LogP contribution is -2.40. The van der Waals surface area contributed by atoms with Gasteiger partial charge in [-0.15, -0.1) is 0 Å². The van der Waals surface area contributed by atoms with Gasteiger partial charge in [0.05, 0.1) is 10.9 Å². The molecule has 1 N–H and O–H groups in total. The molecule has 3 nitrogen and oxygen atoms in total. The van der Waals surface area contributed by atoms with Crippen LogP contribution in [0.2, 0.25) is 5.02 Å². The largest absolute Gasteiger partial charge is 0.481 e. The van der Waals surface area contributed by atoms with Gasteiger partial charge in [-0.1, -0.05) is 17.7 Å². The lowest BCUT2D eigenvalue weighted by molar-refractivity contribution is -0.141. The van der Waals surface area contributed by atoms with Gasteiger partial charge < -0.3 is 5.11 Å². The summed E-state index contributed by atoms with van der Waals surface area (Å²) < 4.78 is 13.2. The van der Waals surface area contributed by atoms with E-state index in [-0.39, 0.29) is 16.5 Å². The van der Waals surface area contributed by atoms with Crippen LogP contribution in [0, 0.1) is 11.7 Å². The normalized spacial score (nSPS) is 24.1. The van der Waals surface area contributed by atoms with Crippen LogP contribution in [0.1, 0.15) is 32.3 Å². The van der Waals surface area contributed by atoms with Crippen LogP contribution >= 0.6 is 11.6 Å². The molecule has 0 unspecified atom stereocenters. The summed E-state index contributed by atoms with van der Waals surface area (Å²) in [7, 11) is 0. The molecule has 0 aromatic heterocycles. The topological polar surface area (TPSA) is 40.5 Å². The first kappa shape index (κ1) is 15.3. The molecular formula is C15H19ClFNO2. The van der Waals surface area contributed by atoms with Gasteiger partial charge >= 0.3 is 5.97 Å². The third-order valence-electron chi connectivity index (χ3n) is 3.96. The number of likely N-dealkylation sites (tertiary alicyclic amines) is 1. The van der Waals surface area contributed by atoms with Gasteiger partial charge in [0.1, 0.15) is 5.82 Å². The standard InChI is InChI=1S/C15H19ClFNO2/c1-15(2,3)18-7-10(11(8-18)14(19)20)9-4-5-13(17)12(16)6-9/h4-6,10-11H,7-8H2,1-3H3,(H,19,20)/t10-,11+/m0/s1. The number of carbonyl (C=O) groups is 1. The molecule has 1 aliphatic heterocycles. The number of nitrogens with zero attached hydrogens (tertiary/aromatic N) is 1. The Morgan fingerprint density at radius 2 is 2.05 bits per heavy atom. The molecule has 0 spiro atoms. The number of benzene rings is 1. The molecule has 1 aromatic carbocycles. The summed E-state index contributed by atoms with van der Waals surface area (Å²) in [4.78, 5) is 13.6. The molecule has 1 aromatic rings. The van der Waals surface area contributed by atoms with E-state index in [1.807, 2.05) is 0 Å². The maximum atomic E-state index is 13.2. The van der Waals surface area contributed by atoms with E-state index in [2.05, 4.69) is 25.7 Å². The maximum absolute atomic E-state index is 13.2. The highest BCUT2D eigenvalue weighted by Gasteiger charge is 2.42. The molecule has 2 rings (SSSR count). The van der Waals surface area contributed by atoms with E-state index in [1.165, 1.54) is 6.07 Å². The number of carboxylic acids is 1. The van der Waals surface area contributed by atoms with Crippen molar-refractivity contribution in [2.45, 2.75) is 32.2 Å². The first-order chi connectivity index (χ1) is 9.20. The molecule has 0 saturated carbocycles. The Kier molecular flexibility index (Phi) is 4.07. The van der Waals surface area contributed by atoms with E-state index in [0.29, 0.717) is 13.1 Å². The highest BCUT2D eigenvalue weighted by Crippen LogP contribution is 2.37. The molecule has 5 heteroatoms. The molecule has 0 bridgehead atoms. The van der Waals surface area contributed by atoms with Crippen molar-refractivity contribution in [3.63, 3.8) is 0 Å². The summed E-state index contributed by atoms with van der Waals surface area (Å²) in [6, 6.07) is 4.48. The lowest BCUT2D eigenvalue weighted by Gasteiger charge is -2.31. The average molecular weight is 300 g/mol. The minimum absolute atomic E-state index is 0.0425. The zero-order chi connectivity index (χ0) is 15.1. The first-order valence-corrected chi connectivity index (χ1v) is 7.00. The van der Waals surface area contributed by atoms with Gasteiger partial charge in [-0.3, -0.25) is 9.69 Å². The Morgan fingerprint density at radius 3 is 2.55 bits per heavy atom. The molecule has 0 radical (unpaired) electrons. The number of rotatable bonds is 2. The highest BCUT2D eigenvalue weighted by atomic mass is 35.5. The molecule has 1 saturated heterocycles. The van der Waals surface area contributed by atoms with E-state index < -0.39 is 17.7 Å². The third kappa shape index (κ3) is 2.96. The lowest BCUT2D eigenvalue weighted by atomic mass is 9.89. The number of hydrogen-bond acceptors (Lipinski definition) is 2. The van der Waals surface area contributed by atoms with Gasteiger partial charge in [-0.25, -0.2) is 4.39 Å². The third-order valence-corrected chi connectivity index (χ3v) is 4.25. The van der Waals surface area contributed by atoms with Crippen molar-refractivity contribution in [3.8, 4) is 0 Å². The first-order valence-electron chi connectivity index (χ1n) is 6.63. The zero-order valence-electron chi connectivity index (χ0n) is 11.9. The average Bonchev–Trinajstić information content (AvgIpc) is 2.77. The summed E-state index contributed by atoms with van der Waals surface area (Å²) in [5, 5.41) is 9.46. The van der Waals surface area contributed by atoms with E-state index in [4.69, 9.17) is 11.6 Å². The summed E-state index contributed by atoms with van der Waals surface area (Å²) in [6.45, 7) is 7.32. The Balaban J connectivity index is 2.32. The van der Waals surface area contributed by atoms with Gasteiger partial charge in [0.15, 0.2) is 0 Å². The smallest absolute Gasteiger partial charge is 0.308 e. The van der Waals surface area contributed by atoms with E-state index >= 15 is 0 Å². The Hall–Kier alpha value is -1.13. The number of halogens is 2. The number of aliphatic carboxylic acids is 1. The van der Waals surface area contributed by atoms with Gasteiger partial charge in [0, 0.05) is 24.5 Å². The monoisotopic (exact) mass is 299 g/mol. The highest BCUT2D eigenvalue weighted by molar-refractivity contribution is 6.30. The molecular weight excluding hydrogens is 281 g/mol. The van der Waals surface area contributed by atoms with Crippen molar-refractivity contribution in [1.82, 2.24) is 4.90 Å².